The molecule has 0 spiro atoms. The Balaban J connectivity index is 0. The summed E-state index contributed by atoms with van der Waals surface area (Å²) in [6, 6.07) is -1.46. The van der Waals surface area contributed by atoms with Crippen molar-refractivity contribution in [1.82, 2.24) is 0 Å². The van der Waals surface area contributed by atoms with Gasteiger partial charge in [0.15, 0.2) is 0 Å². The van der Waals surface area contributed by atoms with Gasteiger partial charge in [0.25, 0.3) is 0 Å². The van der Waals surface area contributed by atoms with Crippen LogP contribution in [0, 0.1) is 0 Å². The van der Waals surface area contributed by atoms with Gasteiger partial charge in [-0.2, -0.15) is 0 Å². The molecule has 0 aliphatic heterocycles. The Kier molecular flexibility index (Phi) is 6.50. The number of carboxylic acid groups (broad SMARTS) is 2. The second-order valence-electron chi connectivity index (χ2n) is 1.50. The molecule has 0 heterocycles. The summed E-state index contributed by atoms with van der Waals surface area (Å²) in [6.07, 6.45) is -0.706. The van der Waals surface area contributed by atoms with Crippen molar-refractivity contribution in [2.45, 2.75) is 12.5 Å². The number of hydrogen-bond acceptors (Lipinski definition) is 5. The van der Waals surface area contributed by atoms with E-state index in [4.69, 9.17) is 5.73 Å². The molecule has 0 saturated heterocycles. The van der Waals surface area contributed by atoms with Gasteiger partial charge in [-0.15, -0.1) is 0 Å². The van der Waals surface area contributed by atoms with Crippen molar-refractivity contribution in [3.63, 3.8) is 0 Å². The van der Waals surface area contributed by atoms with E-state index >= 15 is 0 Å². The molecule has 0 rings (SSSR count). The number of rotatable bonds is 3. The molecule has 0 amide bonds. The summed E-state index contributed by atoms with van der Waals surface area (Å²) in [7, 11) is 0. The molecule has 0 aromatic carbocycles. The Morgan fingerprint density at radius 1 is 1.40 bits per heavy atom. The van der Waals surface area contributed by atoms with E-state index in [9.17, 15) is 19.8 Å². The van der Waals surface area contributed by atoms with E-state index < -0.39 is 24.4 Å². The van der Waals surface area contributed by atoms with Crippen molar-refractivity contribution >= 4 is 11.9 Å². The van der Waals surface area contributed by atoms with Gasteiger partial charge in [0.1, 0.15) is 0 Å². The van der Waals surface area contributed by atoms with Gasteiger partial charge in [0.05, 0.1) is 5.97 Å². The summed E-state index contributed by atoms with van der Waals surface area (Å²) in [6.45, 7) is 0. The quantitative estimate of drug-likeness (QED) is 0.466. The molecule has 2 N–H and O–H groups in total. The van der Waals surface area contributed by atoms with Crippen LogP contribution in [0.2, 0.25) is 0 Å². The first kappa shape index (κ1) is 12.2. The van der Waals surface area contributed by atoms with Gasteiger partial charge in [-0.3, -0.25) is 0 Å². The predicted octanol–water partition coefficient (Wildman–Crippen LogP) is -3.80. The van der Waals surface area contributed by atoms with Crippen molar-refractivity contribution in [1.29, 1.82) is 0 Å². The van der Waals surface area contributed by atoms with Crippen LogP contribution in [0.15, 0.2) is 0 Å². The second-order valence-corrected chi connectivity index (χ2v) is 1.50. The van der Waals surface area contributed by atoms with E-state index in [2.05, 4.69) is 0 Å². The van der Waals surface area contributed by atoms with Crippen molar-refractivity contribution < 1.29 is 39.3 Å². The van der Waals surface area contributed by atoms with Gasteiger partial charge in [0, 0.05) is 18.4 Å². The minimum atomic E-state index is -1.58. The maximum Gasteiger partial charge on any atom is 2.00 e. The van der Waals surface area contributed by atoms with E-state index in [0.29, 0.717) is 0 Å². The summed E-state index contributed by atoms with van der Waals surface area (Å²) in [4.78, 5) is 19.3. The van der Waals surface area contributed by atoms with Crippen molar-refractivity contribution in [2.75, 3.05) is 0 Å². The van der Waals surface area contributed by atoms with Crippen LogP contribution in [0.25, 0.3) is 0 Å². The van der Waals surface area contributed by atoms with Crippen LogP contribution in [0.5, 0.6) is 0 Å². The van der Waals surface area contributed by atoms with Crippen LogP contribution >= 0.6 is 0 Å². The first-order valence-electron chi connectivity index (χ1n) is 2.20. The predicted molar refractivity (Wildman–Crippen MR) is 22.6 cm³/mol. The summed E-state index contributed by atoms with van der Waals surface area (Å²) >= 11 is 0. The number of aliphatic carboxylic acids is 2. The Hall–Kier alpha value is -0.477. The molecule has 0 fully saturated rings. The van der Waals surface area contributed by atoms with E-state index in [1.807, 2.05) is 0 Å². The molecular weight excluding hydrogens is 191 g/mol. The minimum absolute atomic E-state index is 0. The third kappa shape index (κ3) is 5.66. The molecule has 0 aromatic heterocycles. The number of carbonyl (C=O) groups is 2. The first-order valence-corrected chi connectivity index (χ1v) is 2.20. The van der Waals surface area contributed by atoms with E-state index in [1.54, 1.807) is 0 Å². The van der Waals surface area contributed by atoms with Gasteiger partial charge >= 0.3 is 19.5 Å². The van der Waals surface area contributed by atoms with E-state index in [0.717, 1.165) is 0 Å². The Labute approximate surface area is 70.0 Å². The normalized spacial score (nSPS) is 11.3. The van der Waals surface area contributed by atoms with Gasteiger partial charge in [-0.25, -0.2) is 0 Å². The summed E-state index contributed by atoms with van der Waals surface area (Å²) in [5.74, 6) is -3.08. The number of carbonyl (C=O) groups excluding carboxylic acids is 2. The van der Waals surface area contributed by atoms with Crippen molar-refractivity contribution in [2.24, 2.45) is 5.73 Å². The second kappa shape index (κ2) is 5.32. The Morgan fingerprint density at radius 3 is 1.90 bits per heavy atom. The molecule has 0 aliphatic carbocycles. The number of nitrogens with two attached hydrogens (primary N) is 1. The zero-order valence-electron chi connectivity index (χ0n) is 5.20. The zero-order valence-corrected chi connectivity index (χ0v) is 8.17. The number of carboxylic acids is 2. The fourth-order valence-corrected chi connectivity index (χ4v) is 0.263. The monoisotopic (exact) mass is 195 g/mol. The maximum atomic E-state index is 9.71. The number of hydrogen-bond donors (Lipinski definition) is 1. The van der Waals surface area contributed by atoms with Gasteiger partial charge < -0.3 is 25.5 Å². The van der Waals surface area contributed by atoms with Crippen LogP contribution in [0.3, 0.4) is 0 Å². The molecule has 10 heavy (non-hydrogen) atoms. The molecular formula is C4H5NO4Zn. The van der Waals surface area contributed by atoms with E-state index in [-0.39, 0.29) is 19.5 Å². The van der Waals surface area contributed by atoms with Gasteiger partial charge in [-0.05, 0) is 0 Å². The molecule has 1 atom stereocenters. The Morgan fingerprint density at radius 2 is 1.80 bits per heavy atom. The Bertz CT molecular complexity index is 137. The molecule has 52 valence electrons. The molecule has 0 unspecified atom stereocenters. The van der Waals surface area contributed by atoms with Crippen LogP contribution in [0.4, 0.5) is 0 Å². The van der Waals surface area contributed by atoms with Gasteiger partial charge in [0.2, 0.25) is 0 Å². The maximum absolute atomic E-state index is 9.71. The largest absolute Gasteiger partial charge is 2.00 e. The molecule has 5 nitrogen and oxygen atoms in total. The minimum Gasteiger partial charge on any atom is -0.550 e. The van der Waals surface area contributed by atoms with E-state index in [1.165, 1.54) is 0 Å². The molecule has 0 saturated carbocycles. The SMILES string of the molecule is N[C@H](CC(=O)[O-])C(=O)[O-].[Zn+2]. The first-order chi connectivity index (χ1) is 4.04. The summed E-state index contributed by atoms with van der Waals surface area (Å²) in [5, 5.41) is 19.3. The van der Waals surface area contributed by atoms with Crippen molar-refractivity contribution in [3.8, 4) is 0 Å². The molecule has 6 heteroatoms. The summed E-state index contributed by atoms with van der Waals surface area (Å²) in [5.41, 5.74) is 4.73. The zero-order chi connectivity index (χ0) is 7.44. The van der Waals surface area contributed by atoms with Crippen LogP contribution < -0.4 is 15.9 Å². The molecule has 0 bridgehead atoms. The molecule has 0 aliphatic rings. The van der Waals surface area contributed by atoms with Crippen molar-refractivity contribution in [3.05, 3.63) is 0 Å². The van der Waals surface area contributed by atoms with Crippen LogP contribution in [-0.2, 0) is 29.1 Å². The average Bonchev–Trinajstić information content (AvgIpc) is 1.63. The standard InChI is InChI=1S/C4H7NO4.Zn/c5-2(4(8)9)1-3(6)7;/h2H,1,5H2,(H,6,7)(H,8,9);/q;+2/p-2/t2-;/m1./s1. The smallest absolute Gasteiger partial charge is 0.550 e. The van der Waals surface area contributed by atoms with Gasteiger partial charge in [-0.1, -0.05) is 0 Å². The van der Waals surface area contributed by atoms with Crippen LogP contribution in [-0.4, -0.2) is 18.0 Å². The van der Waals surface area contributed by atoms with Crippen LogP contribution in [0.1, 0.15) is 6.42 Å². The fraction of sp³-hybridized carbons (Fsp3) is 0.500. The summed E-state index contributed by atoms with van der Waals surface area (Å²) < 4.78 is 0. The molecule has 0 aromatic rings. The third-order valence-electron chi connectivity index (χ3n) is 0.689. The third-order valence-corrected chi connectivity index (χ3v) is 0.689. The average molecular weight is 196 g/mol. The fourth-order valence-electron chi connectivity index (χ4n) is 0.263. The topological polar surface area (TPSA) is 106 Å². The molecule has 0 radical (unpaired) electrons.